The molecule has 4 aliphatic rings. The van der Waals surface area contributed by atoms with Gasteiger partial charge in [-0.15, -0.1) is 6.58 Å². The zero-order valence-corrected chi connectivity index (χ0v) is 25.1. The SMILES string of the molecule is C=CCN(CCN1CCOCC1)C(=O)C1N([C@@H](CO)Cc2ccccc2)C(=O)[C@@H]2[C@@H](C(=O)OCC)[C@@H]3OC12CC3Br. The summed E-state index contributed by atoms with van der Waals surface area (Å²) in [7, 11) is 0. The van der Waals surface area contributed by atoms with Gasteiger partial charge in [0.2, 0.25) is 11.8 Å². The number of ether oxygens (including phenoxy) is 3. The third-order valence-corrected chi connectivity index (χ3v) is 9.73. The number of hydrogen-bond donors (Lipinski definition) is 1. The minimum atomic E-state index is -1.22. The van der Waals surface area contributed by atoms with Gasteiger partial charge in [0.25, 0.3) is 0 Å². The van der Waals surface area contributed by atoms with Crippen molar-refractivity contribution >= 4 is 33.7 Å². The second-order valence-electron chi connectivity index (χ2n) is 11.2. The summed E-state index contributed by atoms with van der Waals surface area (Å²) in [4.78, 5) is 47.5. The number of hydrogen-bond acceptors (Lipinski definition) is 8. The maximum atomic E-state index is 14.6. The fourth-order valence-corrected chi connectivity index (χ4v) is 8.03. The number of halogens is 1. The number of benzene rings is 1. The molecule has 224 valence electrons. The summed E-state index contributed by atoms with van der Waals surface area (Å²) in [5.41, 5.74) is -0.284. The molecule has 3 unspecified atom stereocenters. The average Bonchev–Trinajstić information content (AvgIpc) is 3.58. The van der Waals surface area contributed by atoms with Crippen molar-refractivity contribution in [3.63, 3.8) is 0 Å². The van der Waals surface area contributed by atoms with Gasteiger partial charge in [-0.1, -0.05) is 52.3 Å². The van der Waals surface area contributed by atoms with Crippen LogP contribution < -0.4 is 0 Å². The number of nitrogens with zero attached hydrogens (tertiary/aromatic N) is 3. The number of likely N-dealkylation sites (tertiary alicyclic amines) is 1. The molecule has 5 rings (SSSR count). The number of aliphatic hydroxyl groups is 1. The molecule has 0 aromatic heterocycles. The zero-order chi connectivity index (χ0) is 29.1. The van der Waals surface area contributed by atoms with Gasteiger partial charge < -0.3 is 29.1 Å². The van der Waals surface area contributed by atoms with Crippen LogP contribution in [0.5, 0.6) is 0 Å². The van der Waals surface area contributed by atoms with Crippen molar-refractivity contribution in [2.24, 2.45) is 11.8 Å². The van der Waals surface area contributed by atoms with E-state index >= 15 is 0 Å². The highest BCUT2D eigenvalue weighted by atomic mass is 79.9. The van der Waals surface area contributed by atoms with Crippen LogP contribution in [0.4, 0.5) is 0 Å². The van der Waals surface area contributed by atoms with E-state index in [4.69, 9.17) is 14.2 Å². The van der Waals surface area contributed by atoms with Gasteiger partial charge in [-0.3, -0.25) is 19.3 Å². The summed E-state index contributed by atoms with van der Waals surface area (Å²) < 4.78 is 17.5. The van der Waals surface area contributed by atoms with Crippen molar-refractivity contribution in [3.8, 4) is 0 Å². The van der Waals surface area contributed by atoms with Crippen molar-refractivity contribution in [3.05, 3.63) is 48.6 Å². The van der Waals surface area contributed by atoms with E-state index in [1.165, 1.54) is 4.90 Å². The van der Waals surface area contributed by atoms with Gasteiger partial charge in [0.1, 0.15) is 11.6 Å². The molecule has 2 amide bonds. The van der Waals surface area contributed by atoms with Gasteiger partial charge in [-0.05, 0) is 25.3 Å². The first kappa shape index (κ1) is 30.2. The monoisotopic (exact) mass is 633 g/mol. The van der Waals surface area contributed by atoms with Crippen LogP contribution in [0.2, 0.25) is 0 Å². The number of morpholine rings is 1. The van der Waals surface area contributed by atoms with Crippen LogP contribution in [0.3, 0.4) is 0 Å². The summed E-state index contributed by atoms with van der Waals surface area (Å²) in [5.74, 6) is -2.80. The maximum absolute atomic E-state index is 14.6. The summed E-state index contributed by atoms with van der Waals surface area (Å²) in [6.07, 6.45) is 1.85. The number of alkyl halides is 1. The molecule has 0 aliphatic carbocycles. The first-order valence-corrected chi connectivity index (χ1v) is 15.4. The Morgan fingerprint density at radius 2 is 2.02 bits per heavy atom. The quantitative estimate of drug-likeness (QED) is 0.208. The average molecular weight is 635 g/mol. The summed E-state index contributed by atoms with van der Waals surface area (Å²) in [5, 5.41) is 10.6. The third kappa shape index (κ3) is 5.59. The molecule has 1 spiro atoms. The Labute approximate surface area is 249 Å². The second kappa shape index (κ2) is 12.9. The van der Waals surface area contributed by atoms with Gasteiger partial charge in [-0.2, -0.15) is 0 Å². The van der Waals surface area contributed by atoms with Crippen molar-refractivity contribution in [2.45, 2.75) is 48.4 Å². The first-order chi connectivity index (χ1) is 19.9. The van der Waals surface area contributed by atoms with E-state index in [0.29, 0.717) is 45.7 Å². The van der Waals surface area contributed by atoms with E-state index in [9.17, 15) is 19.5 Å². The van der Waals surface area contributed by atoms with Crippen molar-refractivity contribution in [1.82, 2.24) is 14.7 Å². The van der Waals surface area contributed by atoms with Crippen LogP contribution >= 0.6 is 15.9 Å². The van der Waals surface area contributed by atoms with E-state index in [1.807, 2.05) is 30.3 Å². The molecule has 41 heavy (non-hydrogen) atoms. The lowest BCUT2D eigenvalue weighted by Gasteiger charge is -2.40. The normalized spacial score (nSPS) is 31.6. The van der Waals surface area contributed by atoms with Gasteiger partial charge in [0, 0.05) is 37.6 Å². The summed E-state index contributed by atoms with van der Waals surface area (Å²) in [6.45, 7) is 9.72. The highest BCUT2D eigenvalue weighted by Crippen LogP contribution is 2.60. The fourth-order valence-electron chi connectivity index (χ4n) is 7.09. The highest BCUT2D eigenvalue weighted by molar-refractivity contribution is 9.09. The Morgan fingerprint density at radius 1 is 1.29 bits per heavy atom. The minimum absolute atomic E-state index is 0.177. The molecule has 10 nitrogen and oxygen atoms in total. The number of amides is 2. The molecule has 1 aromatic rings. The molecule has 7 atom stereocenters. The number of rotatable bonds is 12. The molecule has 11 heteroatoms. The van der Waals surface area contributed by atoms with Crippen LogP contribution in [0.1, 0.15) is 18.9 Å². The van der Waals surface area contributed by atoms with E-state index < -0.39 is 41.6 Å². The minimum Gasteiger partial charge on any atom is -0.466 e. The molecule has 4 saturated heterocycles. The predicted molar refractivity (Wildman–Crippen MR) is 154 cm³/mol. The van der Waals surface area contributed by atoms with Crippen molar-refractivity contribution < 1.29 is 33.7 Å². The van der Waals surface area contributed by atoms with Crippen LogP contribution in [0.15, 0.2) is 43.0 Å². The molecule has 4 heterocycles. The lowest BCUT2D eigenvalue weighted by atomic mass is 9.70. The Hall–Kier alpha value is -2.31. The molecular formula is C30H40BrN3O7. The second-order valence-corrected chi connectivity index (χ2v) is 12.4. The Bertz CT molecular complexity index is 1120. The van der Waals surface area contributed by atoms with Gasteiger partial charge in [0.05, 0.1) is 50.4 Å². The maximum Gasteiger partial charge on any atom is 0.312 e. The van der Waals surface area contributed by atoms with E-state index in [1.54, 1.807) is 17.9 Å². The van der Waals surface area contributed by atoms with Gasteiger partial charge in [-0.25, -0.2) is 0 Å². The Balaban J connectivity index is 1.51. The Kier molecular flexibility index (Phi) is 9.50. The number of carbonyl (C=O) groups is 3. The molecule has 4 fully saturated rings. The lowest BCUT2D eigenvalue weighted by molar-refractivity contribution is -0.156. The number of carbonyl (C=O) groups excluding carboxylic acids is 3. The number of esters is 1. The summed E-state index contributed by atoms with van der Waals surface area (Å²) in [6, 6.07) is 7.90. The molecule has 1 aromatic carbocycles. The van der Waals surface area contributed by atoms with E-state index in [-0.39, 0.29) is 29.9 Å². The van der Waals surface area contributed by atoms with Crippen LogP contribution in [-0.4, -0.2) is 125 Å². The van der Waals surface area contributed by atoms with Crippen LogP contribution in [0, 0.1) is 11.8 Å². The number of aliphatic hydroxyl groups excluding tert-OH is 1. The van der Waals surface area contributed by atoms with Crippen LogP contribution in [0.25, 0.3) is 0 Å². The standard InChI is InChI=1S/C30H40BrN3O7/c1-3-10-33(12-11-32-13-15-39-16-14-32)28(37)26-30-18-22(31)25(41-30)23(29(38)40-4-2)24(30)27(36)34(26)21(19-35)17-20-8-6-5-7-9-20/h3,5-9,21-26,35H,1,4,10-19H2,2H3/t21-,22?,23-,24+,25-,26?,30?/m1/s1. The van der Waals surface area contributed by atoms with Crippen LogP contribution in [-0.2, 0) is 35.0 Å². The van der Waals surface area contributed by atoms with Crippen molar-refractivity contribution in [1.29, 1.82) is 0 Å². The zero-order valence-electron chi connectivity index (χ0n) is 23.5. The predicted octanol–water partition coefficient (Wildman–Crippen LogP) is 1.25. The molecule has 0 radical (unpaired) electrons. The Morgan fingerprint density at radius 3 is 2.68 bits per heavy atom. The topological polar surface area (TPSA) is 109 Å². The fraction of sp³-hybridized carbons (Fsp3) is 0.633. The largest absolute Gasteiger partial charge is 0.466 e. The lowest BCUT2D eigenvalue weighted by Crippen LogP contribution is -2.60. The van der Waals surface area contributed by atoms with Gasteiger partial charge >= 0.3 is 5.97 Å². The molecule has 0 saturated carbocycles. The van der Waals surface area contributed by atoms with Crippen molar-refractivity contribution in [2.75, 3.05) is 59.2 Å². The molecule has 1 N–H and O–H groups in total. The van der Waals surface area contributed by atoms with E-state index in [2.05, 4.69) is 27.4 Å². The molecular weight excluding hydrogens is 594 g/mol. The smallest absolute Gasteiger partial charge is 0.312 e. The third-order valence-electron chi connectivity index (χ3n) is 8.89. The summed E-state index contributed by atoms with van der Waals surface area (Å²) >= 11 is 3.69. The van der Waals surface area contributed by atoms with Gasteiger partial charge in [0.15, 0.2) is 0 Å². The molecule has 2 bridgehead atoms. The highest BCUT2D eigenvalue weighted by Gasteiger charge is 2.77. The van der Waals surface area contributed by atoms with E-state index in [0.717, 1.165) is 18.7 Å². The first-order valence-electron chi connectivity index (χ1n) is 14.5. The number of fused-ring (bicyclic) bond motifs is 1. The molecule has 4 aliphatic heterocycles.